The highest BCUT2D eigenvalue weighted by molar-refractivity contribution is 8.13. The summed E-state index contributed by atoms with van der Waals surface area (Å²) in [6.45, 7) is 8.00. The molecule has 66 valence electrons. The number of rotatable bonds is 0. The maximum absolute atomic E-state index is 9.40. The fraction of sp³-hybridized carbons (Fsp3) is 1.00. The normalized spacial score (nSPS) is 6.36. The molecule has 0 aromatic rings. The molecule has 0 N–H and O–H groups in total. The highest BCUT2D eigenvalue weighted by atomic mass is 35.7. The lowest BCUT2D eigenvalue weighted by molar-refractivity contribution is 0.615. The van der Waals surface area contributed by atoms with Crippen LogP contribution in [-0.2, 0) is 9.05 Å². The predicted molar refractivity (Wildman–Crippen MR) is 54.9 cm³/mol. The summed E-state index contributed by atoms with van der Waals surface area (Å²) >= 11 is 0. The summed E-state index contributed by atoms with van der Waals surface area (Å²) in [5, 5.41) is 0. The van der Waals surface area contributed by atoms with E-state index in [1.165, 1.54) is 0 Å². The molecule has 0 aliphatic carbocycles. The van der Waals surface area contributed by atoms with Crippen molar-refractivity contribution in [3.05, 3.63) is 0 Å². The van der Waals surface area contributed by atoms with Gasteiger partial charge < -0.3 is 0 Å². The topological polar surface area (TPSA) is 34.1 Å². The zero-order chi connectivity index (χ0) is 8.50. The molecule has 0 rings (SSSR count). The average molecular weight is 196 g/mol. The van der Waals surface area contributed by atoms with Gasteiger partial charge in [-0.1, -0.05) is 27.7 Å². The molecule has 0 spiro atoms. The summed E-state index contributed by atoms with van der Waals surface area (Å²) in [7, 11) is 1.31. The molecule has 0 aromatic heterocycles. The van der Waals surface area contributed by atoms with Crippen LogP contribution in [0.15, 0.2) is 0 Å². The molecule has 0 bridgehead atoms. The SMILES string of the molecule is CC.CC.CS(=O)(=O)Cl.[B].[B]. The van der Waals surface area contributed by atoms with Crippen molar-refractivity contribution in [3.8, 4) is 0 Å². The van der Waals surface area contributed by atoms with E-state index in [9.17, 15) is 8.42 Å². The Balaban J connectivity index is -0.0000000178. The molecular weight excluding hydrogens is 181 g/mol. The van der Waals surface area contributed by atoms with Gasteiger partial charge in [0.25, 0.3) is 0 Å². The largest absolute Gasteiger partial charge is 0.229 e. The van der Waals surface area contributed by atoms with Gasteiger partial charge in [-0.25, -0.2) is 8.42 Å². The summed E-state index contributed by atoms with van der Waals surface area (Å²) in [5.41, 5.74) is 0. The summed E-state index contributed by atoms with van der Waals surface area (Å²) in [6, 6.07) is 0. The van der Waals surface area contributed by atoms with Crippen molar-refractivity contribution in [2.24, 2.45) is 0 Å². The first-order chi connectivity index (χ1) is 4.00. The minimum atomic E-state index is -3.19. The van der Waals surface area contributed by atoms with E-state index in [0.717, 1.165) is 6.26 Å². The Bertz CT molecular complexity index is 106. The summed E-state index contributed by atoms with van der Waals surface area (Å²) < 4.78 is 18.8. The molecule has 0 heterocycles. The summed E-state index contributed by atoms with van der Waals surface area (Å²) in [4.78, 5) is 0. The standard InChI is InChI=1S/2C2H6.CH3ClO2S.2B/c2*1-2;1-5(2,3)4;;/h2*1-2H3;1H3;;. The van der Waals surface area contributed by atoms with E-state index in [1.807, 2.05) is 27.7 Å². The van der Waals surface area contributed by atoms with Crippen LogP contribution in [-0.4, -0.2) is 31.5 Å². The molecule has 0 unspecified atom stereocenters. The van der Waals surface area contributed by atoms with Crippen molar-refractivity contribution in [1.29, 1.82) is 0 Å². The number of halogens is 1. The fourth-order valence-electron chi connectivity index (χ4n) is 0. The molecule has 0 fully saturated rings. The fourth-order valence-corrected chi connectivity index (χ4v) is 0. The van der Waals surface area contributed by atoms with Gasteiger partial charge in [0.15, 0.2) is 0 Å². The van der Waals surface area contributed by atoms with E-state index in [0.29, 0.717) is 0 Å². The Morgan fingerprint density at radius 1 is 0.909 bits per heavy atom. The first-order valence-electron chi connectivity index (χ1n) is 2.90. The quantitative estimate of drug-likeness (QED) is 0.434. The highest BCUT2D eigenvalue weighted by Crippen LogP contribution is 1.83. The van der Waals surface area contributed by atoms with Crippen LogP contribution in [0.1, 0.15) is 27.7 Å². The van der Waals surface area contributed by atoms with Crippen molar-refractivity contribution in [2.45, 2.75) is 27.7 Å². The maximum atomic E-state index is 9.40. The molecule has 0 saturated heterocycles. The zero-order valence-electron chi connectivity index (χ0n) is 7.76. The number of hydrogen-bond donors (Lipinski definition) is 0. The lowest BCUT2D eigenvalue weighted by Crippen LogP contribution is -1.76. The third-order valence-electron chi connectivity index (χ3n) is 0. The van der Waals surface area contributed by atoms with Crippen LogP contribution in [0.25, 0.3) is 0 Å². The van der Waals surface area contributed by atoms with Gasteiger partial charge in [-0.05, 0) is 0 Å². The molecule has 2 nitrogen and oxygen atoms in total. The second kappa shape index (κ2) is 22.4. The maximum Gasteiger partial charge on any atom is 0.229 e. The lowest BCUT2D eigenvalue weighted by Gasteiger charge is -1.65. The first kappa shape index (κ1) is 30.1. The minimum absolute atomic E-state index is 0. The molecule has 0 aliphatic rings. The Morgan fingerprint density at radius 3 is 0.909 bits per heavy atom. The van der Waals surface area contributed by atoms with E-state index in [1.54, 1.807) is 0 Å². The van der Waals surface area contributed by atoms with Crippen molar-refractivity contribution in [3.63, 3.8) is 0 Å². The van der Waals surface area contributed by atoms with Gasteiger partial charge in [-0.2, -0.15) is 0 Å². The van der Waals surface area contributed by atoms with E-state index in [-0.39, 0.29) is 16.8 Å². The Hall–Kier alpha value is 0.370. The molecule has 0 atom stereocenters. The van der Waals surface area contributed by atoms with Crippen LogP contribution < -0.4 is 0 Å². The highest BCUT2D eigenvalue weighted by Gasteiger charge is 1.83. The van der Waals surface area contributed by atoms with Gasteiger partial charge in [0.1, 0.15) is 0 Å². The van der Waals surface area contributed by atoms with Crippen molar-refractivity contribution in [2.75, 3.05) is 6.26 Å². The van der Waals surface area contributed by atoms with Gasteiger partial charge >= 0.3 is 0 Å². The van der Waals surface area contributed by atoms with Gasteiger partial charge in [0.05, 0.1) is 6.26 Å². The monoisotopic (exact) mass is 196 g/mol. The van der Waals surface area contributed by atoms with E-state index in [2.05, 4.69) is 10.7 Å². The Labute approximate surface area is 79.3 Å². The van der Waals surface area contributed by atoms with Gasteiger partial charge in [0, 0.05) is 27.5 Å². The third-order valence-corrected chi connectivity index (χ3v) is 0. The second-order valence-corrected chi connectivity index (χ2v) is 3.73. The van der Waals surface area contributed by atoms with E-state index >= 15 is 0 Å². The summed E-state index contributed by atoms with van der Waals surface area (Å²) in [5.74, 6) is 0. The molecule has 0 saturated carbocycles. The molecule has 0 aliphatic heterocycles. The zero-order valence-corrected chi connectivity index (χ0v) is 9.33. The molecular formula is C5H15B2ClO2S. The van der Waals surface area contributed by atoms with Gasteiger partial charge in [0.2, 0.25) is 9.05 Å². The molecule has 6 radical (unpaired) electrons. The Morgan fingerprint density at radius 2 is 0.909 bits per heavy atom. The average Bonchev–Trinajstić information content (AvgIpc) is 1.72. The minimum Gasteiger partial charge on any atom is -0.213 e. The predicted octanol–water partition coefficient (Wildman–Crippen LogP) is 1.48. The smallest absolute Gasteiger partial charge is 0.213 e. The van der Waals surface area contributed by atoms with Crippen LogP contribution in [0, 0.1) is 0 Å². The lowest BCUT2D eigenvalue weighted by atomic mass is 10.8. The first-order valence-corrected chi connectivity index (χ1v) is 5.61. The Kier molecular flexibility index (Phi) is 61.5. The van der Waals surface area contributed by atoms with E-state index < -0.39 is 9.05 Å². The van der Waals surface area contributed by atoms with Crippen LogP contribution in [0.4, 0.5) is 0 Å². The molecule has 0 amide bonds. The second-order valence-electron chi connectivity index (χ2n) is 0.682. The van der Waals surface area contributed by atoms with Gasteiger partial charge in [-0.15, -0.1) is 0 Å². The van der Waals surface area contributed by atoms with Crippen molar-refractivity contribution >= 4 is 36.6 Å². The van der Waals surface area contributed by atoms with Gasteiger partial charge in [-0.3, -0.25) is 0 Å². The molecule has 11 heavy (non-hydrogen) atoms. The summed E-state index contributed by atoms with van der Waals surface area (Å²) in [6.07, 6.45) is 0.925. The van der Waals surface area contributed by atoms with Crippen LogP contribution in [0.2, 0.25) is 0 Å². The number of hydrogen-bond acceptors (Lipinski definition) is 2. The van der Waals surface area contributed by atoms with Crippen molar-refractivity contribution < 1.29 is 8.42 Å². The van der Waals surface area contributed by atoms with E-state index in [4.69, 9.17) is 0 Å². The van der Waals surface area contributed by atoms with Crippen LogP contribution >= 0.6 is 10.7 Å². The van der Waals surface area contributed by atoms with Crippen molar-refractivity contribution in [1.82, 2.24) is 0 Å². The van der Waals surface area contributed by atoms with Crippen LogP contribution in [0.5, 0.6) is 0 Å². The van der Waals surface area contributed by atoms with Crippen LogP contribution in [0.3, 0.4) is 0 Å². The molecule has 6 heteroatoms. The molecule has 0 aromatic carbocycles. The third kappa shape index (κ3) is 5310.